The van der Waals surface area contributed by atoms with E-state index in [1.54, 1.807) is 14.0 Å². The SMILES string of the molecule is CCNCc1ccccc1NC(=O)C(C)OCc1cccc(OC)c1.Cl. The number of methoxy groups -OCH3 is 1. The molecule has 2 aromatic rings. The van der Waals surface area contributed by atoms with Crippen LogP contribution in [0.5, 0.6) is 5.75 Å². The number of ether oxygens (including phenoxy) is 2. The molecule has 1 amide bonds. The fraction of sp³-hybridized carbons (Fsp3) is 0.350. The van der Waals surface area contributed by atoms with Crippen LogP contribution in [0.4, 0.5) is 5.69 Å². The Hall–Kier alpha value is -2.08. The molecule has 5 nitrogen and oxygen atoms in total. The first kappa shape index (κ1) is 22.0. The van der Waals surface area contributed by atoms with E-state index in [-0.39, 0.29) is 18.3 Å². The van der Waals surface area contributed by atoms with Gasteiger partial charge in [0.05, 0.1) is 13.7 Å². The number of carbonyl (C=O) groups is 1. The number of amides is 1. The highest BCUT2D eigenvalue weighted by Crippen LogP contribution is 2.17. The van der Waals surface area contributed by atoms with Crippen molar-refractivity contribution in [1.29, 1.82) is 0 Å². The van der Waals surface area contributed by atoms with Gasteiger partial charge in [-0.25, -0.2) is 0 Å². The van der Waals surface area contributed by atoms with Crippen molar-refractivity contribution in [1.82, 2.24) is 5.32 Å². The van der Waals surface area contributed by atoms with Crippen molar-refractivity contribution < 1.29 is 14.3 Å². The van der Waals surface area contributed by atoms with Crippen molar-refractivity contribution in [2.75, 3.05) is 19.0 Å². The average Bonchev–Trinajstić information content (AvgIpc) is 2.65. The monoisotopic (exact) mass is 378 g/mol. The Morgan fingerprint density at radius 3 is 2.65 bits per heavy atom. The molecule has 0 saturated heterocycles. The molecular formula is C20H27ClN2O3. The maximum Gasteiger partial charge on any atom is 0.253 e. The molecule has 0 heterocycles. The van der Waals surface area contributed by atoms with E-state index in [2.05, 4.69) is 17.6 Å². The number of para-hydroxylation sites is 1. The summed E-state index contributed by atoms with van der Waals surface area (Å²) >= 11 is 0. The zero-order valence-corrected chi connectivity index (χ0v) is 16.3. The van der Waals surface area contributed by atoms with E-state index in [0.717, 1.165) is 29.1 Å². The van der Waals surface area contributed by atoms with Crippen LogP contribution in [-0.2, 0) is 22.7 Å². The minimum Gasteiger partial charge on any atom is -0.497 e. The van der Waals surface area contributed by atoms with Crippen molar-refractivity contribution in [2.24, 2.45) is 0 Å². The third-order valence-electron chi connectivity index (χ3n) is 3.84. The summed E-state index contributed by atoms with van der Waals surface area (Å²) in [6.45, 7) is 5.75. The number of benzene rings is 2. The number of hydrogen-bond acceptors (Lipinski definition) is 4. The molecule has 0 saturated carbocycles. The largest absolute Gasteiger partial charge is 0.497 e. The second-order valence-electron chi connectivity index (χ2n) is 5.73. The summed E-state index contributed by atoms with van der Waals surface area (Å²) in [5, 5.41) is 6.22. The lowest BCUT2D eigenvalue weighted by Crippen LogP contribution is -2.28. The van der Waals surface area contributed by atoms with Crippen LogP contribution in [0.2, 0.25) is 0 Å². The van der Waals surface area contributed by atoms with Gasteiger partial charge in [-0.2, -0.15) is 0 Å². The van der Waals surface area contributed by atoms with Crippen LogP contribution in [-0.4, -0.2) is 25.7 Å². The zero-order chi connectivity index (χ0) is 18.1. The molecule has 1 atom stereocenters. The lowest BCUT2D eigenvalue weighted by atomic mass is 10.1. The predicted octanol–water partition coefficient (Wildman–Crippen LogP) is 3.77. The molecule has 0 bridgehead atoms. The maximum absolute atomic E-state index is 12.4. The molecule has 1 unspecified atom stereocenters. The molecule has 0 spiro atoms. The van der Waals surface area contributed by atoms with Crippen LogP contribution in [0, 0.1) is 0 Å². The molecule has 2 rings (SSSR count). The van der Waals surface area contributed by atoms with Crippen molar-refractivity contribution in [3.63, 3.8) is 0 Å². The summed E-state index contributed by atoms with van der Waals surface area (Å²) in [7, 11) is 1.63. The highest BCUT2D eigenvalue weighted by molar-refractivity contribution is 5.94. The van der Waals surface area contributed by atoms with Crippen LogP contribution >= 0.6 is 12.4 Å². The molecule has 0 fully saturated rings. The van der Waals surface area contributed by atoms with E-state index in [4.69, 9.17) is 9.47 Å². The van der Waals surface area contributed by atoms with Crippen LogP contribution < -0.4 is 15.4 Å². The first-order valence-electron chi connectivity index (χ1n) is 8.48. The third-order valence-corrected chi connectivity index (χ3v) is 3.84. The van der Waals surface area contributed by atoms with E-state index in [1.807, 2.05) is 48.5 Å². The normalized spacial score (nSPS) is 11.3. The number of nitrogens with one attached hydrogen (secondary N) is 2. The number of rotatable bonds is 9. The Balaban J connectivity index is 0.00000338. The maximum atomic E-state index is 12.4. The lowest BCUT2D eigenvalue weighted by Gasteiger charge is -2.16. The van der Waals surface area contributed by atoms with Gasteiger partial charge in [-0.3, -0.25) is 4.79 Å². The Morgan fingerprint density at radius 2 is 1.92 bits per heavy atom. The first-order valence-corrected chi connectivity index (χ1v) is 8.48. The van der Waals surface area contributed by atoms with Crippen LogP contribution in [0.15, 0.2) is 48.5 Å². The smallest absolute Gasteiger partial charge is 0.253 e. The molecule has 6 heteroatoms. The van der Waals surface area contributed by atoms with Gasteiger partial charge in [0.15, 0.2) is 0 Å². The highest BCUT2D eigenvalue weighted by Gasteiger charge is 2.15. The van der Waals surface area contributed by atoms with Gasteiger partial charge in [0.2, 0.25) is 0 Å². The van der Waals surface area contributed by atoms with Crippen molar-refractivity contribution in [3.05, 3.63) is 59.7 Å². The second kappa shape index (κ2) is 11.5. The van der Waals surface area contributed by atoms with E-state index in [1.165, 1.54) is 0 Å². The van der Waals surface area contributed by atoms with E-state index < -0.39 is 6.10 Å². The molecule has 0 aliphatic carbocycles. The number of hydrogen-bond donors (Lipinski definition) is 2. The Morgan fingerprint density at radius 1 is 1.15 bits per heavy atom. The van der Waals surface area contributed by atoms with Gasteiger partial charge in [-0.05, 0) is 42.8 Å². The fourth-order valence-electron chi connectivity index (χ4n) is 2.35. The van der Waals surface area contributed by atoms with Crippen molar-refractivity contribution in [3.8, 4) is 5.75 Å². The fourth-order valence-corrected chi connectivity index (χ4v) is 2.35. The van der Waals surface area contributed by atoms with Gasteiger partial charge in [0.25, 0.3) is 5.91 Å². The van der Waals surface area contributed by atoms with Crippen molar-refractivity contribution in [2.45, 2.75) is 33.1 Å². The Bertz CT molecular complexity index is 694. The van der Waals surface area contributed by atoms with Gasteiger partial charge in [0.1, 0.15) is 11.9 Å². The van der Waals surface area contributed by atoms with E-state index in [9.17, 15) is 4.79 Å². The Labute approximate surface area is 161 Å². The molecule has 26 heavy (non-hydrogen) atoms. The molecular weight excluding hydrogens is 352 g/mol. The summed E-state index contributed by atoms with van der Waals surface area (Å²) < 4.78 is 10.9. The molecule has 0 aliphatic rings. The van der Waals surface area contributed by atoms with Crippen LogP contribution in [0.25, 0.3) is 0 Å². The minimum atomic E-state index is -0.557. The number of anilines is 1. The van der Waals surface area contributed by atoms with Crippen LogP contribution in [0.3, 0.4) is 0 Å². The van der Waals surface area contributed by atoms with Gasteiger partial charge in [-0.1, -0.05) is 37.3 Å². The highest BCUT2D eigenvalue weighted by atomic mass is 35.5. The summed E-state index contributed by atoms with van der Waals surface area (Å²) in [6.07, 6.45) is -0.557. The summed E-state index contributed by atoms with van der Waals surface area (Å²) in [4.78, 5) is 12.4. The average molecular weight is 379 g/mol. The number of carbonyl (C=O) groups excluding carboxylic acids is 1. The predicted molar refractivity (Wildman–Crippen MR) is 107 cm³/mol. The minimum absolute atomic E-state index is 0. The molecule has 142 valence electrons. The van der Waals surface area contributed by atoms with Crippen LogP contribution in [0.1, 0.15) is 25.0 Å². The van der Waals surface area contributed by atoms with E-state index >= 15 is 0 Å². The summed E-state index contributed by atoms with van der Waals surface area (Å²) in [5.74, 6) is 0.613. The Kier molecular flexibility index (Phi) is 9.73. The summed E-state index contributed by atoms with van der Waals surface area (Å²) in [6, 6.07) is 15.4. The standard InChI is InChI=1S/C20H26N2O3.ClH/c1-4-21-13-17-9-5-6-11-19(17)22-20(23)15(2)25-14-16-8-7-10-18(12-16)24-3;/h5-12,15,21H,4,13-14H2,1-3H3,(H,22,23);1H. The quantitative estimate of drug-likeness (QED) is 0.697. The van der Waals surface area contributed by atoms with Gasteiger partial charge >= 0.3 is 0 Å². The van der Waals surface area contributed by atoms with Gasteiger partial charge in [-0.15, -0.1) is 12.4 Å². The van der Waals surface area contributed by atoms with Crippen molar-refractivity contribution >= 4 is 24.0 Å². The first-order chi connectivity index (χ1) is 12.1. The lowest BCUT2D eigenvalue weighted by molar-refractivity contribution is -0.127. The second-order valence-corrected chi connectivity index (χ2v) is 5.73. The number of halogens is 1. The molecule has 2 N–H and O–H groups in total. The molecule has 0 aromatic heterocycles. The topological polar surface area (TPSA) is 59.6 Å². The molecule has 0 radical (unpaired) electrons. The molecule has 2 aromatic carbocycles. The van der Waals surface area contributed by atoms with Gasteiger partial charge < -0.3 is 20.1 Å². The zero-order valence-electron chi connectivity index (χ0n) is 15.5. The van der Waals surface area contributed by atoms with Gasteiger partial charge in [0, 0.05) is 12.2 Å². The summed E-state index contributed by atoms with van der Waals surface area (Å²) in [5.41, 5.74) is 2.83. The third kappa shape index (κ3) is 6.67. The van der Waals surface area contributed by atoms with E-state index in [0.29, 0.717) is 13.2 Å². The molecule has 0 aliphatic heterocycles.